The van der Waals surface area contributed by atoms with Crippen LogP contribution in [0.2, 0.25) is 0 Å². The summed E-state index contributed by atoms with van der Waals surface area (Å²) in [5, 5.41) is 6.45. The number of rotatable bonds is 6. The lowest BCUT2D eigenvalue weighted by atomic mass is 10.1. The molecular formula is C19H19FN7. The number of aromatic nitrogens is 4. The molecule has 1 saturated heterocycles. The normalized spacial score (nSPS) is 14.4. The third kappa shape index (κ3) is 4.11. The average molecular weight is 364 g/mol. The second-order valence-corrected chi connectivity index (χ2v) is 6.26. The van der Waals surface area contributed by atoms with E-state index in [4.69, 9.17) is 0 Å². The predicted octanol–water partition coefficient (Wildman–Crippen LogP) is 3.35. The fourth-order valence-corrected chi connectivity index (χ4v) is 2.69. The van der Waals surface area contributed by atoms with Crippen LogP contribution < -0.4 is 15.5 Å². The first-order valence-electron chi connectivity index (χ1n) is 8.68. The molecule has 7 nitrogen and oxygen atoms in total. The molecule has 2 aromatic heterocycles. The van der Waals surface area contributed by atoms with Crippen molar-refractivity contribution in [2.24, 2.45) is 0 Å². The Labute approximate surface area is 156 Å². The second kappa shape index (κ2) is 7.53. The number of hydrogen-bond donors (Lipinski definition) is 2. The SMILES string of the molecule is C[C@H](Nc1nc(Nc2cnccn2)cc(N2C[CH]C2)n1)c1ccc(F)cc1. The van der Waals surface area contributed by atoms with Gasteiger partial charge in [0.15, 0.2) is 0 Å². The predicted molar refractivity (Wildman–Crippen MR) is 102 cm³/mol. The molecular weight excluding hydrogens is 345 g/mol. The Balaban J connectivity index is 1.58. The van der Waals surface area contributed by atoms with Crippen molar-refractivity contribution < 1.29 is 4.39 Å². The molecule has 0 unspecified atom stereocenters. The largest absolute Gasteiger partial charge is 0.356 e. The molecule has 1 aliphatic heterocycles. The van der Waals surface area contributed by atoms with Gasteiger partial charge in [-0.3, -0.25) is 4.98 Å². The van der Waals surface area contributed by atoms with Gasteiger partial charge in [0.2, 0.25) is 5.95 Å². The van der Waals surface area contributed by atoms with E-state index in [-0.39, 0.29) is 11.9 Å². The van der Waals surface area contributed by atoms with E-state index in [2.05, 4.69) is 41.9 Å². The minimum absolute atomic E-state index is 0.0758. The standard InChI is InChI=1S/C19H19FN7/c1-13(14-3-5-15(20)6-4-14)23-19-25-16(24-17-12-21-7-8-22-17)11-18(26-19)27-9-2-10-27/h2-8,11-13H,9-10H2,1H3,(H2,22,23,24,25,26)/t13-/m0/s1. The molecule has 0 aliphatic carbocycles. The van der Waals surface area contributed by atoms with E-state index in [0.717, 1.165) is 24.5 Å². The van der Waals surface area contributed by atoms with Gasteiger partial charge in [-0.05, 0) is 24.6 Å². The van der Waals surface area contributed by atoms with Crippen LogP contribution in [0.25, 0.3) is 0 Å². The molecule has 4 rings (SSSR count). The Hall–Kier alpha value is -3.29. The summed E-state index contributed by atoms with van der Waals surface area (Å²) in [6.07, 6.45) is 7.04. The van der Waals surface area contributed by atoms with Crippen molar-refractivity contribution in [3.8, 4) is 0 Å². The summed E-state index contributed by atoms with van der Waals surface area (Å²) in [5.74, 6) is 2.29. The van der Waals surface area contributed by atoms with Gasteiger partial charge in [0.25, 0.3) is 0 Å². The Kier molecular flexibility index (Phi) is 4.78. The highest BCUT2D eigenvalue weighted by atomic mass is 19.1. The van der Waals surface area contributed by atoms with Crippen molar-refractivity contribution in [3.05, 3.63) is 66.7 Å². The van der Waals surface area contributed by atoms with E-state index in [1.54, 1.807) is 30.7 Å². The zero-order chi connectivity index (χ0) is 18.6. The van der Waals surface area contributed by atoms with Crippen LogP contribution in [0.5, 0.6) is 0 Å². The van der Waals surface area contributed by atoms with Gasteiger partial charge in [0, 0.05) is 38.0 Å². The summed E-state index contributed by atoms with van der Waals surface area (Å²) in [6.45, 7) is 3.69. The molecule has 8 heteroatoms. The monoisotopic (exact) mass is 364 g/mol. The number of benzene rings is 1. The molecule has 0 amide bonds. The van der Waals surface area contributed by atoms with Crippen LogP contribution in [-0.2, 0) is 0 Å². The minimum Gasteiger partial charge on any atom is -0.356 e. The van der Waals surface area contributed by atoms with Crippen LogP contribution in [0.4, 0.5) is 27.8 Å². The van der Waals surface area contributed by atoms with Crippen molar-refractivity contribution >= 4 is 23.4 Å². The lowest BCUT2D eigenvalue weighted by Gasteiger charge is -2.32. The topological polar surface area (TPSA) is 78.9 Å². The van der Waals surface area contributed by atoms with Crippen molar-refractivity contribution in [1.82, 2.24) is 19.9 Å². The maximum Gasteiger partial charge on any atom is 0.227 e. The van der Waals surface area contributed by atoms with E-state index in [0.29, 0.717) is 17.6 Å². The van der Waals surface area contributed by atoms with Crippen LogP contribution in [-0.4, -0.2) is 33.0 Å². The second-order valence-electron chi connectivity index (χ2n) is 6.26. The molecule has 27 heavy (non-hydrogen) atoms. The highest BCUT2D eigenvalue weighted by Crippen LogP contribution is 2.25. The van der Waals surface area contributed by atoms with Gasteiger partial charge in [-0.15, -0.1) is 0 Å². The van der Waals surface area contributed by atoms with Gasteiger partial charge >= 0.3 is 0 Å². The van der Waals surface area contributed by atoms with Crippen LogP contribution in [0.15, 0.2) is 48.9 Å². The molecule has 3 heterocycles. The van der Waals surface area contributed by atoms with Crippen LogP contribution in [0.3, 0.4) is 0 Å². The molecule has 1 aliphatic rings. The fraction of sp³-hybridized carbons (Fsp3) is 0.211. The van der Waals surface area contributed by atoms with Crippen molar-refractivity contribution in [3.63, 3.8) is 0 Å². The highest BCUT2D eigenvalue weighted by molar-refractivity contribution is 5.60. The molecule has 1 fully saturated rings. The zero-order valence-corrected chi connectivity index (χ0v) is 14.8. The Bertz CT molecular complexity index is 898. The fourth-order valence-electron chi connectivity index (χ4n) is 2.69. The molecule has 1 aromatic carbocycles. The number of nitrogens with zero attached hydrogens (tertiary/aromatic N) is 5. The maximum atomic E-state index is 13.2. The molecule has 1 radical (unpaired) electrons. The van der Waals surface area contributed by atoms with Crippen LogP contribution in [0, 0.1) is 12.2 Å². The van der Waals surface area contributed by atoms with Crippen LogP contribution in [0.1, 0.15) is 18.5 Å². The molecule has 0 spiro atoms. The van der Waals surface area contributed by atoms with Crippen molar-refractivity contribution in [1.29, 1.82) is 0 Å². The van der Waals surface area contributed by atoms with Gasteiger partial charge in [0.05, 0.1) is 12.2 Å². The van der Waals surface area contributed by atoms with Gasteiger partial charge < -0.3 is 15.5 Å². The van der Waals surface area contributed by atoms with Gasteiger partial charge in [-0.1, -0.05) is 12.1 Å². The molecule has 3 aromatic rings. The highest BCUT2D eigenvalue weighted by Gasteiger charge is 2.19. The first-order chi connectivity index (χ1) is 13.2. The summed E-state index contributed by atoms with van der Waals surface area (Å²) >= 11 is 0. The van der Waals surface area contributed by atoms with E-state index in [1.165, 1.54) is 12.1 Å². The number of anilines is 4. The van der Waals surface area contributed by atoms with Crippen molar-refractivity contribution in [2.75, 3.05) is 28.6 Å². The van der Waals surface area contributed by atoms with E-state index >= 15 is 0 Å². The van der Waals surface area contributed by atoms with Crippen molar-refractivity contribution in [2.45, 2.75) is 13.0 Å². The smallest absolute Gasteiger partial charge is 0.227 e. The lowest BCUT2D eigenvalue weighted by Crippen LogP contribution is -2.38. The summed E-state index contributed by atoms with van der Waals surface area (Å²) in [7, 11) is 0. The van der Waals surface area contributed by atoms with E-state index in [9.17, 15) is 4.39 Å². The lowest BCUT2D eigenvalue weighted by molar-refractivity contribution is 0.626. The molecule has 0 bridgehead atoms. The summed E-state index contributed by atoms with van der Waals surface area (Å²) in [4.78, 5) is 19.6. The minimum atomic E-state index is -0.256. The third-order valence-electron chi connectivity index (χ3n) is 4.27. The van der Waals surface area contributed by atoms with E-state index < -0.39 is 0 Å². The zero-order valence-electron chi connectivity index (χ0n) is 14.8. The maximum absolute atomic E-state index is 13.2. The molecule has 2 N–H and O–H groups in total. The Morgan fingerprint density at radius 1 is 1.07 bits per heavy atom. The molecule has 1 atom stereocenters. The van der Waals surface area contributed by atoms with Gasteiger partial charge in [-0.25, -0.2) is 9.37 Å². The quantitative estimate of drug-likeness (QED) is 0.694. The van der Waals surface area contributed by atoms with Gasteiger partial charge in [0.1, 0.15) is 23.3 Å². The first-order valence-corrected chi connectivity index (χ1v) is 8.68. The van der Waals surface area contributed by atoms with Gasteiger partial charge in [-0.2, -0.15) is 9.97 Å². The number of hydrogen-bond acceptors (Lipinski definition) is 7. The summed E-state index contributed by atoms with van der Waals surface area (Å²) < 4.78 is 13.2. The molecule has 0 saturated carbocycles. The molecule has 137 valence electrons. The Morgan fingerprint density at radius 2 is 1.89 bits per heavy atom. The number of halogens is 1. The van der Waals surface area contributed by atoms with E-state index in [1.807, 2.05) is 13.0 Å². The Morgan fingerprint density at radius 3 is 2.56 bits per heavy atom. The first kappa shape index (κ1) is 17.1. The average Bonchev–Trinajstić information content (AvgIpc) is 2.61. The van der Waals surface area contributed by atoms with Crippen LogP contribution >= 0.6 is 0 Å². The number of nitrogens with one attached hydrogen (secondary N) is 2. The summed E-state index contributed by atoms with van der Waals surface area (Å²) in [6, 6.07) is 8.20. The third-order valence-corrected chi connectivity index (χ3v) is 4.27. The summed E-state index contributed by atoms with van der Waals surface area (Å²) in [5.41, 5.74) is 0.950.